The molecular formula is C22H28FN3O3. The van der Waals surface area contributed by atoms with Crippen molar-refractivity contribution in [1.29, 1.82) is 0 Å². The molecule has 2 aromatic carbocycles. The van der Waals surface area contributed by atoms with Crippen molar-refractivity contribution < 1.29 is 19.0 Å². The van der Waals surface area contributed by atoms with E-state index in [4.69, 9.17) is 4.74 Å². The molecule has 1 fully saturated rings. The number of likely N-dealkylation sites (N-methyl/N-ethyl adjacent to an activating group) is 1. The van der Waals surface area contributed by atoms with Gasteiger partial charge in [0, 0.05) is 39.3 Å². The van der Waals surface area contributed by atoms with Gasteiger partial charge in [0.1, 0.15) is 5.75 Å². The number of methoxy groups -OCH3 is 1. The Morgan fingerprint density at radius 3 is 2.52 bits per heavy atom. The fraction of sp³-hybridized carbons (Fsp3) is 0.409. The van der Waals surface area contributed by atoms with E-state index in [1.807, 2.05) is 25.1 Å². The molecule has 0 radical (unpaired) electrons. The van der Waals surface area contributed by atoms with Gasteiger partial charge in [-0.3, -0.25) is 9.69 Å². The SMILES string of the molecule is CCN(Cc1ccc(OC)c(F)c1)C(=O)CN1CCN(c2ccccc2O)CC1. The van der Waals surface area contributed by atoms with Crippen molar-refractivity contribution in [3.63, 3.8) is 0 Å². The first-order valence-corrected chi connectivity index (χ1v) is 9.87. The third-order valence-corrected chi connectivity index (χ3v) is 5.28. The number of benzene rings is 2. The zero-order chi connectivity index (χ0) is 20.8. The quantitative estimate of drug-likeness (QED) is 0.773. The molecule has 0 aliphatic carbocycles. The van der Waals surface area contributed by atoms with Crippen LogP contribution in [-0.4, -0.2) is 67.2 Å². The smallest absolute Gasteiger partial charge is 0.237 e. The summed E-state index contributed by atoms with van der Waals surface area (Å²) in [6, 6.07) is 12.1. The summed E-state index contributed by atoms with van der Waals surface area (Å²) in [5.41, 5.74) is 1.57. The fourth-order valence-corrected chi connectivity index (χ4v) is 3.57. The second-order valence-electron chi connectivity index (χ2n) is 7.13. The lowest BCUT2D eigenvalue weighted by atomic mass is 10.2. The molecule has 7 heteroatoms. The van der Waals surface area contributed by atoms with Gasteiger partial charge in [-0.1, -0.05) is 18.2 Å². The van der Waals surface area contributed by atoms with Crippen LogP contribution in [0.1, 0.15) is 12.5 Å². The molecule has 1 saturated heterocycles. The molecule has 1 amide bonds. The molecule has 0 spiro atoms. The minimum atomic E-state index is -0.422. The van der Waals surface area contributed by atoms with Gasteiger partial charge < -0.3 is 19.6 Å². The normalized spacial score (nSPS) is 14.7. The summed E-state index contributed by atoms with van der Waals surface area (Å²) in [5.74, 6) is 0.0832. The van der Waals surface area contributed by atoms with E-state index < -0.39 is 5.82 Å². The average molecular weight is 401 g/mol. The molecule has 156 valence electrons. The lowest BCUT2D eigenvalue weighted by Crippen LogP contribution is -2.50. The lowest BCUT2D eigenvalue weighted by molar-refractivity contribution is -0.132. The van der Waals surface area contributed by atoms with E-state index in [-0.39, 0.29) is 17.4 Å². The molecule has 0 aromatic heterocycles. The summed E-state index contributed by atoms with van der Waals surface area (Å²) in [6.45, 7) is 6.18. The van der Waals surface area contributed by atoms with Crippen LogP contribution in [0.25, 0.3) is 0 Å². The van der Waals surface area contributed by atoms with Crippen molar-refractivity contribution in [1.82, 2.24) is 9.80 Å². The summed E-state index contributed by atoms with van der Waals surface area (Å²) in [4.78, 5) is 18.8. The van der Waals surface area contributed by atoms with E-state index in [0.717, 1.165) is 37.4 Å². The molecule has 1 N–H and O–H groups in total. The number of para-hydroxylation sites is 2. The third kappa shape index (κ3) is 5.17. The highest BCUT2D eigenvalue weighted by Crippen LogP contribution is 2.27. The lowest BCUT2D eigenvalue weighted by Gasteiger charge is -2.36. The predicted molar refractivity (Wildman–Crippen MR) is 111 cm³/mol. The minimum absolute atomic E-state index is 0.0275. The number of carbonyl (C=O) groups is 1. The van der Waals surface area contributed by atoms with E-state index in [2.05, 4.69) is 9.80 Å². The first kappa shape index (κ1) is 20.9. The molecule has 0 saturated carbocycles. The van der Waals surface area contributed by atoms with Crippen LogP contribution in [0.4, 0.5) is 10.1 Å². The second-order valence-corrected chi connectivity index (χ2v) is 7.13. The Bertz CT molecular complexity index is 838. The summed E-state index contributed by atoms with van der Waals surface area (Å²) in [7, 11) is 1.43. The number of aromatic hydroxyl groups is 1. The van der Waals surface area contributed by atoms with Crippen molar-refractivity contribution in [2.24, 2.45) is 0 Å². The van der Waals surface area contributed by atoms with Crippen LogP contribution >= 0.6 is 0 Å². The second kappa shape index (κ2) is 9.60. The minimum Gasteiger partial charge on any atom is -0.506 e. The fourth-order valence-electron chi connectivity index (χ4n) is 3.57. The number of hydrogen-bond donors (Lipinski definition) is 1. The average Bonchev–Trinajstić information content (AvgIpc) is 2.73. The Hall–Kier alpha value is -2.80. The number of amides is 1. The van der Waals surface area contributed by atoms with Crippen LogP contribution in [0.15, 0.2) is 42.5 Å². The van der Waals surface area contributed by atoms with Gasteiger partial charge in [-0.05, 0) is 36.8 Å². The third-order valence-electron chi connectivity index (χ3n) is 5.28. The number of piperazine rings is 1. The summed E-state index contributed by atoms with van der Waals surface area (Å²) in [6.07, 6.45) is 0. The number of rotatable bonds is 7. The Labute approximate surface area is 171 Å². The van der Waals surface area contributed by atoms with Crippen LogP contribution in [0.5, 0.6) is 11.5 Å². The van der Waals surface area contributed by atoms with Gasteiger partial charge in [0.2, 0.25) is 5.91 Å². The Balaban J connectivity index is 1.54. The van der Waals surface area contributed by atoms with Gasteiger partial charge in [0.05, 0.1) is 19.3 Å². The monoisotopic (exact) mass is 401 g/mol. The van der Waals surface area contributed by atoms with Crippen LogP contribution in [-0.2, 0) is 11.3 Å². The predicted octanol–water partition coefficient (Wildman–Crippen LogP) is 2.71. The molecule has 29 heavy (non-hydrogen) atoms. The molecule has 0 bridgehead atoms. The first-order valence-electron chi connectivity index (χ1n) is 9.87. The van der Waals surface area contributed by atoms with Crippen LogP contribution in [0, 0.1) is 5.82 Å². The maximum atomic E-state index is 13.9. The van der Waals surface area contributed by atoms with Crippen molar-refractivity contribution in [3.8, 4) is 11.5 Å². The van der Waals surface area contributed by atoms with E-state index in [0.29, 0.717) is 19.6 Å². The first-order chi connectivity index (χ1) is 14.0. The van der Waals surface area contributed by atoms with Gasteiger partial charge in [-0.2, -0.15) is 0 Å². The summed E-state index contributed by atoms with van der Waals surface area (Å²) in [5, 5.41) is 10.0. The number of halogens is 1. The van der Waals surface area contributed by atoms with Crippen molar-refractivity contribution in [3.05, 3.63) is 53.8 Å². The van der Waals surface area contributed by atoms with E-state index in [9.17, 15) is 14.3 Å². The summed E-state index contributed by atoms with van der Waals surface area (Å²) < 4.78 is 18.9. The molecule has 3 rings (SSSR count). The Morgan fingerprint density at radius 1 is 1.17 bits per heavy atom. The van der Waals surface area contributed by atoms with E-state index in [1.165, 1.54) is 13.2 Å². The van der Waals surface area contributed by atoms with Crippen molar-refractivity contribution in [2.45, 2.75) is 13.5 Å². The zero-order valence-electron chi connectivity index (χ0n) is 17.0. The maximum Gasteiger partial charge on any atom is 0.237 e. The molecule has 1 heterocycles. The van der Waals surface area contributed by atoms with Crippen LogP contribution < -0.4 is 9.64 Å². The van der Waals surface area contributed by atoms with Crippen LogP contribution in [0.3, 0.4) is 0 Å². The van der Waals surface area contributed by atoms with Gasteiger partial charge in [0.25, 0.3) is 0 Å². The standard InChI is InChI=1S/C22H28FN3O3/c1-3-25(15-17-8-9-21(29-2)18(23)14-17)22(28)16-24-10-12-26(13-11-24)19-6-4-5-7-20(19)27/h4-9,14,27H,3,10-13,15-16H2,1-2H3. The number of carbonyl (C=O) groups excluding carboxylic acids is 1. The highest BCUT2D eigenvalue weighted by atomic mass is 19.1. The van der Waals surface area contributed by atoms with Crippen molar-refractivity contribution in [2.75, 3.05) is 51.3 Å². The van der Waals surface area contributed by atoms with Crippen molar-refractivity contribution >= 4 is 11.6 Å². The van der Waals surface area contributed by atoms with Gasteiger partial charge in [-0.15, -0.1) is 0 Å². The van der Waals surface area contributed by atoms with E-state index >= 15 is 0 Å². The molecule has 6 nitrogen and oxygen atoms in total. The number of ether oxygens (including phenoxy) is 1. The molecule has 0 atom stereocenters. The van der Waals surface area contributed by atoms with Gasteiger partial charge in [-0.25, -0.2) is 4.39 Å². The highest BCUT2D eigenvalue weighted by molar-refractivity contribution is 5.78. The Morgan fingerprint density at radius 2 is 1.90 bits per heavy atom. The zero-order valence-corrected chi connectivity index (χ0v) is 17.0. The maximum absolute atomic E-state index is 13.9. The number of anilines is 1. The van der Waals surface area contributed by atoms with Crippen LogP contribution in [0.2, 0.25) is 0 Å². The van der Waals surface area contributed by atoms with E-state index in [1.54, 1.807) is 23.1 Å². The molecule has 1 aliphatic rings. The topological polar surface area (TPSA) is 56.2 Å². The molecular weight excluding hydrogens is 373 g/mol. The number of hydrogen-bond acceptors (Lipinski definition) is 5. The molecule has 0 unspecified atom stereocenters. The van der Waals surface area contributed by atoms with Gasteiger partial charge >= 0.3 is 0 Å². The number of nitrogens with zero attached hydrogens (tertiary/aromatic N) is 3. The number of phenols is 1. The largest absolute Gasteiger partial charge is 0.506 e. The summed E-state index contributed by atoms with van der Waals surface area (Å²) >= 11 is 0. The molecule has 2 aromatic rings. The number of phenolic OH excluding ortho intramolecular Hbond substituents is 1. The van der Waals surface area contributed by atoms with Gasteiger partial charge in [0.15, 0.2) is 11.6 Å². The highest BCUT2D eigenvalue weighted by Gasteiger charge is 2.22. The Kier molecular flexibility index (Phi) is 6.93. The molecule has 1 aliphatic heterocycles.